The second-order valence-electron chi connectivity index (χ2n) is 6.46. The van der Waals surface area contributed by atoms with Crippen molar-refractivity contribution in [3.63, 3.8) is 0 Å². The molecule has 0 atom stereocenters. The lowest BCUT2D eigenvalue weighted by Gasteiger charge is -2.32. The Balaban J connectivity index is 2.00. The van der Waals surface area contributed by atoms with E-state index in [1.165, 1.54) is 32.1 Å². The van der Waals surface area contributed by atoms with Gasteiger partial charge in [-0.15, -0.1) is 0 Å². The van der Waals surface area contributed by atoms with Crippen LogP contribution in [0.3, 0.4) is 0 Å². The first-order valence-corrected chi connectivity index (χ1v) is 8.21. The van der Waals surface area contributed by atoms with E-state index in [0.29, 0.717) is 18.8 Å². The third kappa shape index (κ3) is 3.56. The number of hydrogen-bond donors (Lipinski definition) is 0. The van der Waals surface area contributed by atoms with E-state index in [1.807, 2.05) is 0 Å². The topological polar surface area (TPSA) is 51.2 Å². The van der Waals surface area contributed by atoms with Crippen molar-refractivity contribution in [2.45, 2.75) is 71.1 Å². The van der Waals surface area contributed by atoms with Gasteiger partial charge in [-0.25, -0.2) is 0 Å². The standard InChI is InChI=1S/C17H26O3/c1-2-14(18)17-15(19)10-13(11-16(17)20)12-8-6-4-3-5-7-9-12/h12-13,17H,2-11H2,1H3. The van der Waals surface area contributed by atoms with Gasteiger partial charge in [0.05, 0.1) is 0 Å². The van der Waals surface area contributed by atoms with Crippen molar-refractivity contribution in [1.82, 2.24) is 0 Å². The van der Waals surface area contributed by atoms with Gasteiger partial charge >= 0.3 is 0 Å². The molecule has 0 N–H and O–H groups in total. The molecule has 20 heavy (non-hydrogen) atoms. The zero-order chi connectivity index (χ0) is 14.5. The molecular formula is C17H26O3. The Morgan fingerprint density at radius 1 is 0.900 bits per heavy atom. The molecule has 0 heterocycles. The highest BCUT2D eigenvalue weighted by Crippen LogP contribution is 2.36. The fourth-order valence-electron chi connectivity index (χ4n) is 3.86. The maximum atomic E-state index is 12.2. The normalized spacial score (nSPS) is 29.9. The summed E-state index contributed by atoms with van der Waals surface area (Å²) in [6.07, 6.45) is 9.82. The fourth-order valence-corrected chi connectivity index (χ4v) is 3.86. The quantitative estimate of drug-likeness (QED) is 0.742. The Hall–Kier alpha value is -0.990. The SMILES string of the molecule is CCC(=O)C1C(=O)CC(C2CCCCCCC2)CC1=O. The minimum atomic E-state index is -0.926. The van der Waals surface area contributed by atoms with Gasteiger partial charge in [0, 0.05) is 19.3 Å². The van der Waals surface area contributed by atoms with Crippen molar-refractivity contribution in [2.24, 2.45) is 17.8 Å². The largest absolute Gasteiger partial charge is 0.298 e. The number of ketones is 3. The van der Waals surface area contributed by atoms with E-state index < -0.39 is 5.92 Å². The van der Waals surface area contributed by atoms with Gasteiger partial charge in [-0.2, -0.15) is 0 Å². The second-order valence-corrected chi connectivity index (χ2v) is 6.46. The minimum absolute atomic E-state index is 0.111. The number of carbonyl (C=O) groups excluding carboxylic acids is 3. The van der Waals surface area contributed by atoms with Crippen LogP contribution in [-0.2, 0) is 14.4 Å². The lowest BCUT2D eigenvalue weighted by molar-refractivity contribution is -0.144. The van der Waals surface area contributed by atoms with Gasteiger partial charge in [-0.3, -0.25) is 14.4 Å². The molecule has 0 saturated heterocycles. The predicted octanol–water partition coefficient (Wildman–Crippen LogP) is 3.49. The van der Waals surface area contributed by atoms with E-state index >= 15 is 0 Å². The fraction of sp³-hybridized carbons (Fsp3) is 0.824. The van der Waals surface area contributed by atoms with Crippen LogP contribution in [0.15, 0.2) is 0 Å². The van der Waals surface area contributed by atoms with Crippen LogP contribution in [0, 0.1) is 17.8 Å². The Morgan fingerprint density at radius 3 is 1.90 bits per heavy atom. The van der Waals surface area contributed by atoms with Crippen LogP contribution in [0.25, 0.3) is 0 Å². The van der Waals surface area contributed by atoms with Crippen LogP contribution >= 0.6 is 0 Å². The summed E-state index contributed by atoms with van der Waals surface area (Å²) in [7, 11) is 0. The number of hydrogen-bond acceptors (Lipinski definition) is 3. The predicted molar refractivity (Wildman–Crippen MR) is 77.3 cm³/mol. The van der Waals surface area contributed by atoms with E-state index in [2.05, 4.69) is 0 Å². The summed E-state index contributed by atoms with van der Waals surface area (Å²) in [6.45, 7) is 1.73. The molecule has 0 aliphatic heterocycles. The molecule has 0 aromatic heterocycles. The van der Waals surface area contributed by atoms with Crippen molar-refractivity contribution >= 4 is 17.3 Å². The molecule has 0 aromatic rings. The number of rotatable bonds is 3. The molecule has 2 saturated carbocycles. The molecule has 3 nitrogen and oxygen atoms in total. The third-order valence-corrected chi connectivity index (χ3v) is 5.06. The maximum absolute atomic E-state index is 12.2. The van der Waals surface area contributed by atoms with Crippen molar-refractivity contribution in [2.75, 3.05) is 0 Å². The Morgan fingerprint density at radius 2 is 1.40 bits per heavy atom. The van der Waals surface area contributed by atoms with Crippen molar-refractivity contribution in [3.05, 3.63) is 0 Å². The van der Waals surface area contributed by atoms with Crippen LogP contribution < -0.4 is 0 Å². The zero-order valence-electron chi connectivity index (χ0n) is 12.5. The van der Waals surface area contributed by atoms with Gasteiger partial charge in [-0.1, -0.05) is 51.9 Å². The van der Waals surface area contributed by atoms with E-state index in [1.54, 1.807) is 6.92 Å². The molecule has 0 bridgehead atoms. The molecule has 0 unspecified atom stereocenters. The minimum Gasteiger partial charge on any atom is -0.298 e. The average molecular weight is 278 g/mol. The first kappa shape index (κ1) is 15.4. The first-order valence-electron chi connectivity index (χ1n) is 8.21. The summed E-state index contributed by atoms with van der Waals surface area (Å²) in [5.41, 5.74) is 0. The van der Waals surface area contributed by atoms with Gasteiger partial charge in [0.15, 0.2) is 17.3 Å². The highest BCUT2D eigenvalue weighted by molar-refractivity contribution is 6.20. The summed E-state index contributed by atoms with van der Waals surface area (Å²) in [5.74, 6) is -0.615. The molecule has 2 aliphatic carbocycles. The Bertz CT molecular complexity index is 360. The van der Waals surface area contributed by atoms with E-state index in [-0.39, 0.29) is 29.7 Å². The van der Waals surface area contributed by atoms with Crippen molar-refractivity contribution in [3.8, 4) is 0 Å². The maximum Gasteiger partial charge on any atom is 0.151 e. The van der Waals surface area contributed by atoms with Crippen molar-refractivity contribution < 1.29 is 14.4 Å². The van der Waals surface area contributed by atoms with E-state index in [9.17, 15) is 14.4 Å². The van der Waals surface area contributed by atoms with Crippen LogP contribution in [0.2, 0.25) is 0 Å². The molecule has 0 radical (unpaired) electrons. The average Bonchev–Trinajstić information content (AvgIpc) is 2.37. The molecule has 112 valence electrons. The van der Waals surface area contributed by atoms with Gasteiger partial charge in [0.2, 0.25) is 0 Å². The third-order valence-electron chi connectivity index (χ3n) is 5.06. The lowest BCUT2D eigenvalue weighted by Crippen LogP contribution is -2.40. The summed E-state index contributed by atoms with van der Waals surface area (Å²) >= 11 is 0. The number of carbonyl (C=O) groups is 3. The molecule has 2 fully saturated rings. The summed E-state index contributed by atoms with van der Waals surface area (Å²) in [4.78, 5) is 36.1. The van der Waals surface area contributed by atoms with Gasteiger partial charge in [0.1, 0.15) is 5.92 Å². The highest BCUT2D eigenvalue weighted by Gasteiger charge is 2.41. The first-order chi connectivity index (χ1) is 9.63. The molecule has 0 amide bonds. The lowest BCUT2D eigenvalue weighted by atomic mass is 9.70. The smallest absolute Gasteiger partial charge is 0.151 e. The molecule has 3 heteroatoms. The second kappa shape index (κ2) is 7.14. The molecule has 0 spiro atoms. The van der Waals surface area contributed by atoms with Crippen LogP contribution in [0.4, 0.5) is 0 Å². The summed E-state index contributed by atoms with van der Waals surface area (Å²) in [6, 6.07) is 0. The van der Waals surface area contributed by atoms with Crippen LogP contribution in [-0.4, -0.2) is 17.3 Å². The monoisotopic (exact) mass is 278 g/mol. The summed E-state index contributed by atoms with van der Waals surface area (Å²) < 4.78 is 0. The molecule has 2 rings (SSSR count). The van der Waals surface area contributed by atoms with Gasteiger partial charge in [-0.05, 0) is 11.8 Å². The molecule has 0 aromatic carbocycles. The number of Topliss-reactive ketones (excluding diaryl/α,β-unsaturated/α-hetero) is 3. The highest BCUT2D eigenvalue weighted by atomic mass is 16.2. The Kier molecular flexibility index (Phi) is 5.50. The zero-order valence-corrected chi connectivity index (χ0v) is 12.5. The summed E-state index contributed by atoms with van der Waals surface area (Å²) in [5, 5.41) is 0. The van der Waals surface area contributed by atoms with E-state index in [4.69, 9.17) is 0 Å². The van der Waals surface area contributed by atoms with Crippen LogP contribution in [0.5, 0.6) is 0 Å². The van der Waals surface area contributed by atoms with E-state index in [0.717, 1.165) is 12.8 Å². The Labute approximate surface area is 121 Å². The molecule has 2 aliphatic rings. The molecular weight excluding hydrogens is 252 g/mol. The van der Waals surface area contributed by atoms with Crippen LogP contribution in [0.1, 0.15) is 71.1 Å². The van der Waals surface area contributed by atoms with Crippen molar-refractivity contribution in [1.29, 1.82) is 0 Å². The van der Waals surface area contributed by atoms with Gasteiger partial charge in [0.25, 0.3) is 0 Å². The van der Waals surface area contributed by atoms with Gasteiger partial charge < -0.3 is 0 Å².